The van der Waals surface area contributed by atoms with Crippen molar-refractivity contribution in [2.75, 3.05) is 0 Å². The summed E-state index contributed by atoms with van der Waals surface area (Å²) in [5.41, 5.74) is 1.22. The van der Waals surface area contributed by atoms with Crippen molar-refractivity contribution in [2.24, 2.45) is 5.92 Å². The summed E-state index contributed by atoms with van der Waals surface area (Å²) in [7, 11) is 0. The van der Waals surface area contributed by atoms with Crippen molar-refractivity contribution >= 4 is 11.8 Å². The number of hydrogen-bond donors (Lipinski definition) is 0. The Morgan fingerprint density at radius 2 is 1.82 bits per heavy atom. The first kappa shape index (κ1) is 12.1. The Hall–Kier alpha value is -1.38. The van der Waals surface area contributed by atoms with Gasteiger partial charge in [0.2, 0.25) is 0 Å². The molecule has 92 valence electrons. The van der Waals surface area contributed by atoms with Gasteiger partial charge < -0.3 is 0 Å². The molecule has 3 nitrogen and oxygen atoms in total. The average Bonchev–Trinajstić information content (AvgIpc) is 2.82. The Kier molecular flexibility index (Phi) is 3.18. The number of imide groups is 1. The summed E-state index contributed by atoms with van der Waals surface area (Å²) in [5, 5.41) is 0. The largest absolute Gasteiger partial charge is 0.272 e. The lowest BCUT2D eigenvalue weighted by Crippen LogP contribution is -2.43. The molecule has 1 heterocycles. The third-order valence-corrected chi connectivity index (χ3v) is 4.06. The SMILES string of the molecule is C=CC[C@H]1CCC[C@H]1N1C(=O)C(C)=C(C)C1=O. The summed E-state index contributed by atoms with van der Waals surface area (Å²) < 4.78 is 0. The van der Waals surface area contributed by atoms with Gasteiger partial charge in [-0.25, -0.2) is 0 Å². The maximum absolute atomic E-state index is 12.1. The van der Waals surface area contributed by atoms with E-state index in [4.69, 9.17) is 0 Å². The predicted octanol–water partition coefficient (Wildman–Crippen LogP) is 2.44. The van der Waals surface area contributed by atoms with Crippen molar-refractivity contribution in [3.8, 4) is 0 Å². The van der Waals surface area contributed by atoms with Crippen molar-refractivity contribution < 1.29 is 9.59 Å². The van der Waals surface area contributed by atoms with Crippen molar-refractivity contribution in [1.82, 2.24) is 4.90 Å². The van der Waals surface area contributed by atoms with Gasteiger partial charge in [0.1, 0.15) is 0 Å². The van der Waals surface area contributed by atoms with E-state index in [1.165, 1.54) is 4.90 Å². The number of nitrogens with zero attached hydrogens (tertiary/aromatic N) is 1. The van der Waals surface area contributed by atoms with Crippen molar-refractivity contribution in [1.29, 1.82) is 0 Å². The standard InChI is InChI=1S/C14H19NO2/c1-4-6-11-7-5-8-12(11)15-13(16)9(2)10(3)14(15)17/h4,11-12H,1,5-8H2,2-3H3/t11-,12+/m0/s1. The smallest absolute Gasteiger partial charge is 0.257 e. The van der Waals surface area contributed by atoms with Gasteiger partial charge >= 0.3 is 0 Å². The second-order valence-electron chi connectivity index (χ2n) is 5.01. The highest BCUT2D eigenvalue weighted by Gasteiger charge is 2.42. The van der Waals surface area contributed by atoms with Gasteiger partial charge in [0, 0.05) is 17.2 Å². The molecule has 17 heavy (non-hydrogen) atoms. The molecule has 0 aromatic heterocycles. The van der Waals surface area contributed by atoms with E-state index in [0.29, 0.717) is 17.1 Å². The van der Waals surface area contributed by atoms with Crippen LogP contribution in [-0.4, -0.2) is 22.8 Å². The van der Waals surface area contributed by atoms with Gasteiger partial charge in [-0.15, -0.1) is 6.58 Å². The molecule has 0 unspecified atom stereocenters. The first-order valence-electron chi connectivity index (χ1n) is 6.24. The van der Waals surface area contributed by atoms with Gasteiger partial charge in [0.25, 0.3) is 11.8 Å². The van der Waals surface area contributed by atoms with Crippen molar-refractivity contribution in [3.63, 3.8) is 0 Å². The van der Waals surface area contributed by atoms with E-state index >= 15 is 0 Å². The van der Waals surface area contributed by atoms with Crippen LogP contribution in [0.25, 0.3) is 0 Å². The van der Waals surface area contributed by atoms with Gasteiger partial charge in [-0.3, -0.25) is 14.5 Å². The summed E-state index contributed by atoms with van der Waals surface area (Å²) in [6, 6.07) is 0.0837. The molecular weight excluding hydrogens is 214 g/mol. The van der Waals surface area contributed by atoms with Crippen LogP contribution in [0.4, 0.5) is 0 Å². The second kappa shape index (κ2) is 4.47. The molecule has 2 amide bonds. The maximum Gasteiger partial charge on any atom is 0.257 e. The van der Waals surface area contributed by atoms with Crippen LogP contribution in [0.15, 0.2) is 23.8 Å². The molecule has 2 aliphatic rings. The molecular formula is C14H19NO2. The van der Waals surface area contributed by atoms with Crippen LogP contribution in [0.2, 0.25) is 0 Å². The minimum Gasteiger partial charge on any atom is -0.272 e. The van der Waals surface area contributed by atoms with Gasteiger partial charge in [-0.05, 0) is 39.0 Å². The summed E-state index contributed by atoms with van der Waals surface area (Å²) >= 11 is 0. The van der Waals surface area contributed by atoms with E-state index in [2.05, 4.69) is 6.58 Å². The van der Waals surface area contributed by atoms with Crippen LogP contribution < -0.4 is 0 Å². The molecule has 1 saturated carbocycles. The number of amides is 2. The Balaban J connectivity index is 2.22. The molecule has 0 aromatic carbocycles. The lowest BCUT2D eigenvalue weighted by Gasteiger charge is -2.27. The fraction of sp³-hybridized carbons (Fsp3) is 0.571. The Morgan fingerprint density at radius 1 is 1.24 bits per heavy atom. The van der Waals surface area contributed by atoms with Gasteiger partial charge in [-0.1, -0.05) is 12.5 Å². The van der Waals surface area contributed by atoms with E-state index in [-0.39, 0.29) is 17.9 Å². The quantitative estimate of drug-likeness (QED) is 0.554. The van der Waals surface area contributed by atoms with E-state index < -0.39 is 0 Å². The second-order valence-corrected chi connectivity index (χ2v) is 5.01. The number of hydrogen-bond acceptors (Lipinski definition) is 2. The van der Waals surface area contributed by atoms with Crippen LogP contribution in [0.3, 0.4) is 0 Å². The molecule has 2 atom stereocenters. The van der Waals surface area contributed by atoms with Crippen LogP contribution >= 0.6 is 0 Å². The molecule has 2 rings (SSSR count). The molecule has 0 bridgehead atoms. The molecule has 0 radical (unpaired) electrons. The first-order chi connectivity index (χ1) is 8.07. The van der Waals surface area contributed by atoms with Crippen molar-refractivity contribution in [3.05, 3.63) is 23.8 Å². The first-order valence-corrected chi connectivity index (χ1v) is 6.24. The lowest BCUT2D eigenvalue weighted by atomic mass is 9.98. The van der Waals surface area contributed by atoms with E-state index in [1.54, 1.807) is 13.8 Å². The highest BCUT2D eigenvalue weighted by atomic mass is 16.2. The van der Waals surface area contributed by atoms with Crippen LogP contribution in [0.5, 0.6) is 0 Å². The minimum absolute atomic E-state index is 0.0837. The Labute approximate surface area is 102 Å². The third-order valence-electron chi connectivity index (χ3n) is 4.06. The Bertz CT molecular complexity index is 384. The maximum atomic E-state index is 12.1. The predicted molar refractivity (Wildman–Crippen MR) is 66.2 cm³/mol. The number of carbonyl (C=O) groups is 2. The average molecular weight is 233 g/mol. The van der Waals surface area contributed by atoms with E-state index in [0.717, 1.165) is 25.7 Å². The minimum atomic E-state index is -0.0894. The van der Waals surface area contributed by atoms with Gasteiger partial charge in [0.15, 0.2) is 0 Å². The molecule has 0 N–H and O–H groups in total. The molecule has 1 fully saturated rings. The van der Waals surface area contributed by atoms with Crippen LogP contribution in [0.1, 0.15) is 39.5 Å². The van der Waals surface area contributed by atoms with Crippen LogP contribution in [0, 0.1) is 5.92 Å². The fourth-order valence-electron chi connectivity index (χ4n) is 2.92. The van der Waals surface area contributed by atoms with Crippen LogP contribution in [-0.2, 0) is 9.59 Å². The molecule has 0 saturated heterocycles. The zero-order chi connectivity index (χ0) is 12.6. The normalized spacial score (nSPS) is 29.4. The van der Waals surface area contributed by atoms with E-state index in [1.807, 2.05) is 6.08 Å². The van der Waals surface area contributed by atoms with Gasteiger partial charge in [0.05, 0.1) is 0 Å². The molecule has 1 aliphatic carbocycles. The summed E-state index contributed by atoms with van der Waals surface area (Å²) in [5.74, 6) is 0.223. The number of rotatable bonds is 3. The highest BCUT2D eigenvalue weighted by molar-refractivity contribution is 6.19. The number of allylic oxidation sites excluding steroid dienone is 1. The summed E-state index contributed by atoms with van der Waals surface area (Å²) in [6.45, 7) is 7.24. The lowest BCUT2D eigenvalue weighted by molar-refractivity contribution is -0.141. The Morgan fingerprint density at radius 3 is 2.35 bits per heavy atom. The summed E-state index contributed by atoms with van der Waals surface area (Å²) in [6.07, 6.45) is 5.90. The molecule has 1 aliphatic heterocycles. The molecule has 0 spiro atoms. The monoisotopic (exact) mass is 233 g/mol. The number of carbonyl (C=O) groups excluding carboxylic acids is 2. The van der Waals surface area contributed by atoms with E-state index in [9.17, 15) is 9.59 Å². The summed E-state index contributed by atoms with van der Waals surface area (Å²) in [4.78, 5) is 25.7. The zero-order valence-corrected chi connectivity index (χ0v) is 10.5. The molecule has 0 aromatic rings. The van der Waals surface area contributed by atoms with Crippen molar-refractivity contribution in [2.45, 2.75) is 45.6 Å². The topological polar surface area (TPSA) is 37.4 Å². The molecule has 3 heteroatoms. The fourth-order valence-corrected chi connectivity index (χ4v) is 2.92. The third kappa shape index (κ3) is 1.84. The van der Waals surface area contributed by atoms with Gasteiger partial charge in [-0.2, -0.15) is 0 Å². The zero-order valence-electron chi connectivity index (χ0n) is 10.5. The highest BCUT2D eigenvalue weighted by Crippen LogP contribution is 2.36.